The molecular formula is C19H18N6. The van der Waals surface area contributed by atoms with Crippen molar-refractivity contribution in [3.05, 3.63) is 53.0 Å². The number of nitriles is 3. The highest BCUT2D eigenvalue weighted by atomic mass is 15.1. The van der Waals surface area contributed by atoms with E-state index in [2.05, 4.69) is 35.0 Å². The molecule has 0 saturated heterocycles. The molecule has 0 spiro atoms. The molecule has 0 bridgehead atoms. The quantitative estimate of drug-likeness (QED) is 0.885. The average molecular weight is 330 g/mol. The normalized spacial score (nSPS) is 25.1. The van der Waals surface area contributed by atoms with Crippen LogP contribution in [0.5, 0.6) is 0 Å². The highest BCUT2D eigenvalue weighted by molar-refractivity contribution is 5.59. The van der Waals surface area contributed by atoms with Crippen LogP contribution in [0.4, 0.5) is 0 Å². The van der Waals surface area contributed by atoms with Gasteiger partial charge in [-0.05, 0) is 23.7 Å². The molecule has 0 amide bonds. The lowest BCUT2D eigenvalue weighted by Crippen LogP contribution is -2.48. The third kappa shape index (κ3) is 2.38. The van der Waals surface area contributed by atoms with Crippen LogP contribution in [0.2, 0.25) is 0 Å². The van der Waals surface area contributed by atoms with Gasteiger partial charge in [0, 0.05) is 37.3 Å². The van der Waals surface area contributed by atoms with Gasteiger partial charge in [0.2, 0.25) is 0 Å². The van der Waals surface area contributed by atoms with Crippen molar-refractivity contribution < 1.29 is 0 Å². The summed E-state index contributed by atoms with van der Waals surface area (Å²) in [6.07, 6.45) is 5.34. The number of pyridine rings is 1. The van der Waals surface area contributed by atoms with Crippen molar-refractivity contribution in [1.82, 2.24) is 9.88 Å². The fourth-order valence-corrected chi connectivity index (χ4v) is 3.93. The zero-order valence-electron chi connectivity index (χ0n) is 14.0. The molecule has 3 rings (SSSR count). The molecule has 6 heteroatoms. The molecule has 1 aliphatic carbocycles. The van der Waals surface area contributed by atoms with Crippen molar-refractivity contribution in [1.29, 1.82) is 15.8 Å². The Bertz CT molecular complexity index is 848. The molecule has 0 unspecified atom stereocenters. The van der Waals surface area contributed by atoms with Crippen LogP contribution in [0.3, 0.4) is 0 Å². The molecule has 0 aromatic carbocycles. The Morgan fingerprint density at radius 3 is 2.68 bits per heavy atom. The van der Waals surface area contributed by atoms with E-state index >= 15 is 0 Å². The number of aromatic nitrogens is 1. The maximum atomic E-state index is 9.92. The Hall–Kier alpha value is -3.14. The summed E-state index contributed by atoms with van der Waals surface area (Å²) in [6.45, 7) is 4.32. The van der Waals surface area contributed by atoms with E-state index in [9.17, 15) is 15.8 Å². The van der Waals surface area contributed by atoms with Crippen LogP contribution in [0.15, 0.2) is 47.4 Å². The van der Waals surface area contributed by atoms with Crippen molar-refractivity contribution in [2.24, 2.45) is 17.1 Å². The van der Waals surface area contributed by atoms with E-state index in [0.29, 0.717) is 6.54 Å². The first-order valence-electron chi connectivity index (χ1n) is 8.18. The number of rotatable bonds is 2. The summed E-state index contributed by atoms with van der Waals surface area (Å²) < 4.78 is 0. The lowest BCUT2D eigenvalue weighted by molar-refractivity contribution is 0.214. The van der Waals surface area contributed by atoms with Crippen LogP contribution in [-0.4, -0.2) is 29.5 Å². The summed E-state index contributed by atoms with van der Waals surface area (Å²) in [5, 5.41) is 29.5. The lowest BCUT2D eigenvalue weighted by atomic mass is 9.58. The van der Waals surface area contributed by atoms with Crippen molar-refractivity contribution in [2.45, 2.75) is 12.8 Å². The Balaban J connectivity index is 2.30. The highest BCUT2D eigenvalue weighted by Crippen LogP contribution is 2.53. The van der Waals surface area contributed by atoms with E-state index < -0.39 is 11.3 Å². The monoisotopic (exact) mass is 330 g/mol. The number of nitrogens with zero attached hydrogens (tertiary/aromatic N) is 5. The number of allylic oxidation sites excluding steroid dienone is 2. The second-order valence-electron chi connectivity index (χ2n) is 6.31. The molecule has 124 valence electrons. The van der Waals surface area contributed by atoms with E-state index in [1.165, 1.54) is 0 Å². The highest BCUT2D eigenvalue weighted by Gasteiger charge is 2.54. The second kappa shape index (κ2) is 6.40. The first-order chi connectivity index (χ1) is 12.1. The van der Waals surface area contributed by atoms with Gasteiger partial charge in [-0.15, -0.1) is 0 Å². The molecule has 2 aliphatic rings. The molecule has 0 radical (unpaired) electrons. The SMILES string of the molecule is CCN1CC=C2C(C#N)=C(N)C(C#N)(C#N)[C@@H](c3cccnc3)[C@@H]2C1. The summed E-state index contributed by atoms with van der Waals surface area (Å²) >= 11 is 0. The van der Waals surface area contributed by atoms with Gasteiger partial charge in [0.05, 0.1) is 23.4 Å². The third-order valence-corrected chi connectivity index (χ3v) is 5.23. The molecular weight excluding hydrogens is 312 g/mol. The molecule has 2 N–H and O–H groups in total. The smallest absolute Gasteiger partial charge is 0.191 e. The van der Waals surface area contributed by atoms with Gasteiger partial charge >= 0.3 is 0 Å². The number of likely N-dealkylation sites (N-methyl/N-ethyl adjacent to an activating group) is 1. The molecule has 6 nitrogen and oxygen atoms in total. The summed E-state index contributed by atoms with van der Waals surface area (Å²) in [5.41, 5.74) is 6.63. The Labute approximate surface area is 147 Å². The van der Waals surface area contributed by atoms with Crippen LogP contribution in [-0.2, 0) is 0 Å². The zero-order valence-corrected chi connectivity index (χ0v) is 14.0. The van der Waals surface area contributed by atoms with Crippen LogP contribution in [0.1, 0.15) is 18.4 Å². The molecule has 1 aromatic rings. The number of fused-ring (bicyclic) bond motifs is 1. The molecule has 1 aromatic heterocycles. The minimum absolute atomic E-state index is 0.0568. The van der Waals surface area contributed by atoms with Gasteiger partial charge in [0.1, 0.15) is 6.07 Å². The predicted molar refractivity (Wildman–Crippen MR) is 91.2 cm³/mol. The van der Waals surface area contributed by atoms with Gasteiger partial charge in [-0.25, -0.2) is 0 Å². The topological polar surface area (TPSA) is 114 Å². The largest absolute Gasteiger partial charge is 0.399 e. The standard InChI is InChI=1S/C19H18N6/c1-2-25-7-5-14-15(8-20)18(23)19(11-21,12-22)17(16(14)10-25)13-4-3-6-24-9-13/h3-6,9,16-17H,2,7,10,23H2,1H3/t16-,17+/m1/s1. The second-order valence-corrected chi connectivity index (χ2v) is 6.31. The molecule has 0 fully saturated rings. The lowest BCUT2D eigenvalue weighted by Gasteiger charge is -2.45. The van der Waals surface area contributed by atoms with Crippen molar-refractivity contribution >= 4 is 0 Å². The predicted octanol–water partition coefficient (Wildman–Crippen LogP) is 1.83. The number of hydrogen-bond donors (Lipinski definition) is 1. The minimum atomic E-state index is -1.58. The Morgan fingerprint density at radius 1 is 1.36 bits per heavy atom. The van der Waals surface area contributed by atoms with Gasteiger partial charge < -0.3 is 5.73 Å². The van der Waals surface area contributed by atoms with E-state index in [1.807, 2.05) is 12.1 Å². The molecule has 2 atom stereocenters. The van der Waals surface area contributed by atoms with E-state index in [-0.39, 0.29) is 17.2 Å². The van der Waals surface area contributed by atoms with Crippen molar-refractivity contribution in [2.75, 3.05) is 19.6 Å². The summed E-state index contributed by atoms with van der Waals surface area (Å²) in [6, 6.07) is 10.0. The van der Waals surface area contributed by atoms with E-state index in [0.717, 1.165) is 24.2 Å². The maximum absolute atomic E-state index is 9.92. The van der Waals surface area contributed by atoms with Gasteiger partial charge in [0.15, 0.2) is 5.41 Å². The van der Waals surface area contributed by atoms with Gasteiger partial charge in [0.25, 0.3) is 0 Å². The van der Waals surface area contributed by atoms with Gasteiger partial charge in [-0.2, -0.15) is 15.8 Å². The molecule has 1 aliphatic heterocycles. The molecule has 25 heavy (non-hydrogen) atoms. The van der Waals surface area contributed by atoms with E-state index in [1.54, 1.807) is 18.5 Å². The van der Waals surface area contributed by atoms with E-state index in [4.69, 9.17) is 5.73 Å². The van der Waals surface area contributed by atoms with Crippen LogP contribution < -0.4 is 5.73 Å². The number of hydrogen-bond acceptors (Lipinski definition) is 6. The molecule has 2 heterocycles. The van der Waals surface area contributed by atoms with Crippen LogP contribution in [0.25, 0.3) is 0 Å². The summed E-state index contributed by atoms with van der Waals surface area (Å²) in [5.74, 6) is -0.618. The minimum Gasteiger partial charge on any atom is -0.399 e. The average Bonchev–Trinajstić information content (AvgIpc) is 2.67. The van der Waals surface area contributed by atoms with Gasteiger partial charge in [-0.1, -0.05) is 19.1 Å². The zero-order chi connectivity index (χ0) is 18.0. The van der Waals surface area contributed by atoms with Crippen LogP contribution >= 0.6 is 0 Å². The summed E-state index contributed by atoms with van der Waals surface area (Å²) in [4.78, 5) is 6.39. The van der Waals surface area contributed by atoms with Crippen molar-refractivity contribution in [3.63, 3.8) is 0 Å². The summed E-state index contributed by atoms with van der Waals surface area (Å²) in [7, 11) is 0. The Kier molecular flexibility index (Phi) is 4.28. The first kappa shape index (κ1) is 16.7. The van der Waals surface area contributed by atoms with Crippen LogP contribution in [0, 0.1) is 45.3 Å². The Morgan fingerprint density at radius 2 is 2.12 bits per heavy atom. The molecule has 0 saturated carbocycles. The fourth-order valence-electron chi connectivity index (χ4n) is 3.93. The van der Waals surface area contributed by atoms with Crippen molar-refractivity contribution in [3.8, 4) is 18.2 Å². The van der Waals surface area contributed by atoms with Gasteiger partial charge in [-0.3, -0.25) is 9.88 Å². The first-order valence-corrected chi connectivity index (χ1v) is 8.18. The third-order valence-electron chi connectivity index (χ3n) is 5.23. The number of nitrogens with two attached hydrogens (primary N) is 1. The fraction of sp³-hybridized carbons (Fsp3) is 0.368. The maximum Gasteiger partial charge on any atom is 0.191 e.